The fraction of sp³-hybridized carbons (Fsp3) is 0.143. The number of amides is 1. The monoisotopic (exact) mass is 424 g/mol. The molecule has 0 aliphatic heterocycles. The molecule has 0 radical (unpaired) electrons. The highest BCUT2D eigenvalue weighted by Gasteiger charge is 2.17. The molecule has 0 aliphatic carbocycles. The standard InChI is InChI=1S/C21H17FN4OS2/c1-12-4-3-5-16(10-12)24-17(27)11-28-21-19-20(29-13(2)23-19)18(25-26-21)14-6-8-15(22)9-7-14/h3-10H,11H2,1-2H3,(H,24,27). The maximum absolute atomic E-state index is 13.3. The van der Waals surface area contributed by atoms with Gasteiger partial charge in [-0.2, -0.15) is 0 Å². The number of carbonyl (C=O) groups excluding carboxylic acids is 1. The molecule has 4 aromatic rings. The van der Waals surface area contributed by atoms with E-state index in [0.29, 0.717) is 10.7 Å². The molecule has 0 fully saturated rings. The third-order valence-electron chi connectivity index (χ3n) is 4.15. The second-order valence-electron chi connectivity index (χ2n) is 6.48. The molecule has 2 aromatic heterocycles. The Morgan fingerprint density at radius 3 is 2.69 bits per heavy atom. The summed E-state index contributed by atoms with van der Waals surface area (Å²) in [6.07, 6.45) is 0. The molecule has 0 aliphatic rings. The van der Waals surface area contributed by atoms with Crippen molar-refractivity contribution < 1.29 is 9.18 Å². The van der Waals surface area contributed by atoms with Crippen LogP contribution >= 0.6 is 23.1 Å². The lowest BCUT2D eigenvalue weighted by atomic mass is 10.1. The Bertz CT molecular complexity index is 1190. The molecule has 5 nitrogen and oxygen atoms in total. The highest BCUT2D eigenvalue weighted by atomic mass is 32.2. The van der Waals surface area contributed by atoms with Crippen molar-refractivity contribution in [3.8, 4) is 11.3 Å². The summed E-state index contributed by atoms with van der Waals surface area (Å²) in [5.74, 6) is -0.222. The SMILES string of the molecule is Cc1cccc(NC(=O)CSc2nnc(-c3ccc(F)cc3)c3sc(C)nc23)c1. The Morgan fingerprint density at radius 1 is 1.14 bits per heavy atom. The van der Waals surface area contributed by atoms with Crippen LogP contribution in [0.3, 0.4) is 0 Å². The topological polar surface area (TPSA) is 67.8 Å². The van der Waals surface area contributed by atoms with Crippen LogP contribution in [0.5, 0.6) is 0 Å². The lowest BCUT2D eigenvalue weighted by molar-refractivity contribution is -0.113. The van der Waals surface area contributed by atoms with E-state index in [1.54, 1.807) is 12.1 Å². The van der Waals surface area contributed by atoms with Gasteiger partial charge in [0.25, 0.3) is 0 Å². The Kier molecular flexibility index (Phi) is 5.55. The Balaban J connectivity index is 1.56. The molecule has 29 heavy (non-hydrogen) atoms. The Morgan fingerprint density at radius 2 is 1.93 bits per heavy atom. The van der Waals surface area contributed by atoms with Gasteiger partial charge in [-0.15, -0.1) is 21.5 Å². The first-order chi connectivity index (χ1) is 14.0. The van der Waals surface area contributed by atoms with Gasteiger partial charge >= 0.3 is 0 Å². The fourth-order valence-corrected chi connectivity index (χ4v) is 4.58. The summed E-state index contributed by atoms with van der Waals surface area (Å²) in [7, 11) is 0. The van der Waals surface area contributed by atoms with Gasteiger partial charge in [0.05, 0.1) is 15.5 Å². The van der Waals surface area contributed by atoms with E-state index in [1.807, 2.05) is 38.1 Å². The number of nitrogens with zero attached hydrogens (tertiary/aromatic N) is 3. The molecule has 1 N–H and O–H groups in total. The summed E-state index contributed by atoms with van der Waals surface area (Å²) in [4.78, 5) is 16.9. The van der Waals surface area contributed by atoms with Crippen molar-refractivity contribution in [2.45, 2.75) is 18.9 Å². The van der Waals surface area contributed by atoms with Gasteiger partial charge < -0.3 is 5.32 Å². The summed E-state index contributed by atoms with van der Waals surface area (Å²) >= 11 is 2.81. The van der Waals surface area contributed by atoms with Crippen molar-refractivity contribution in [1.82, 2.24) is 15.2 Å². The summed E-state index contributed by atoms with van der Waals surface area (Å²) in [5, 5.41) is 13.0. The van der Waals surface area contributed by atoms with Crippen LogP contribution in [0.25, 0.3) is 21.5 Å². The third kappa shape index (κ3) is 4.44. The van der Waals surface area contributed by atoms with E-state index in [4.69, 9.17) is 0 Å². The molecule has 146 valence electrons. The van der Waals surface area contributed by atoms with Gasteiger partial charge in [0.2, 0.25) is 5.91 Å². The van der Waals surface area contributed by atoms with E-state index in [2.05, 4.69) is 20.5 Å². The summed E-state index contributed by atoms with van der Waals surface area (Å²) < 4.78 is 14.1. The zero-order chi connectivity index (χ0) is 20.4. The van der Waals surface area contributed by atoms with E-state index in [9.17, 15) is 9.18 Å². The van der Waals surface area contributed by atoms with Gasteiger partial charge in [-0.25, -0.2) is 9.37 Å². The summed E-state index contributed by atoms with van der Waals surface area (Å²) in [5.41, 5.74) is 4.01. The lowest BCUT2D eigenvalue weighted by Gasteiger charge is -2.07. The maximum Gasteiger partial charge on any atom is 0.234 e. The van der Waals surface area contributed by atoms with Gasteiger partial charge in [0.1, 0.15) is 22.1 Å². The van der Waals surface area contributed by atoms with Crippen LogP contribution in [0.4, 0.5) is 10.1 Å². The first-order valence-electron chi connectivity index (χ1n) is 8.88. The Hall–Kier alpha value is -2.84. The molecule has 2 aromatic carbocycles. The minimum Gasteiger partial charge on any atom is -0.325 e. The molecule has 0 saturated carbocycles. The summed E-state index contributed by atoms with van der Waals surface area (Å²) in [6, 6.07) is 13.8. The quantitative estimate of drug-likeness (QED) is 0.444. The molecule has 0 bridgehead atoms. The molecule has 2 heterocycles. The van der Waals surface area contributed by atoms with E-state index >= 15 is 0 Å². The van der Waals surface area contributed by atoms with Crippen molar-refractivity contribution in [3.63, 3.8) is 0 Å². The minimum atomic E-state index is -0.301. The number of benzene rings is 2. The minimum absolute atomic E-state index is 0.120. The number of nitrogens with one attached hydrogen (secondary N) is 1. The summed E-state index contributed by atoms with van der Waals surface area (Å²) in [6.45, 7) is 3.89. The van der Waals surface area contributed by atoms with Crippen molar-refractivity contribution in [2.24, 2.45) is 0 Å². The number of carbonyl (C=O) groups is 1. The number of aromatic nitrogens is 3. The van der Waals surface area contributed by atoms with Gasteiger partial charge in [0.15, 0.2) is 0 Å². The van der Waals surface area contributed by atoms with Crippen molar-refractivity contribution in [2.75, 3.05) is 11.1 Å². The fourth-order valence-electron chi connectivity index (χ4n) is 2.87. The number of anilines is 1. The molecule has 0 unspecified atom stereocenters. The highest BCUT2D eigenvalue weighted by molar-refractivity contribution is 8.00. The van der Waals surface area contributed by atoms with Crippen LogP contribution in [0, 0.1) is 19.7 Å². The normalized spacial score (nSPS) is 11.0. The van der Waals surface area contributed by atoms with Gasteiger partial charge in [0, 0.05) is 11.3 Å². The molecule has 1 amide bonds. The number of fused-ring (bicyclic) bond motifs is 1. The Labute approximate surface area is 175 Å². The van der Waals surface area contributed by atoms with Gasteiger partial charge in [-0.3, -0.25) is 4.79 Å². The number of aryl methyl sites for hydroxylation is 2. The maximum atomic E-state index is 13.3. The van der Waals surface area contributed by atoms with Crippen LogP contribution in [0.15, 0.2) is 53.6 Å². The van der Waals surface area contributed by atoms with E-state index in [1.165, 1.54) is 35.2 Å². The van der Waals surface area contributed by atoms with E-state index in [-0.39, 0.29) is 17.5 Å². The molecule has 0 saturated heterocycles. The van der Waals surface area contributed by atoms with Gasteiger partial charge in [-0.1, -0.05) is 23.9 Å². The van der Waals surface area contributed by atoms with Crippen molar-refractivity contribution in [1.29, 1.82) is 0 Å². The van der Waals surface area contributed by atoms with Crippen molar-refractivity contribution >= 4 is 44.9 Å². The molecular weight excluding hydrogens is 407 g/mol. The highest BCUT2D eigenvalue weighted by Crippen LogP contribution is 2.35. The zero-order valence-corrected chi connectivity index (χ0v) is 17.4. The van der Waals surface area contributed by atoms with Gasteiger partial charge in [-0.05, 0) is 55.8 Å². The third-order valence-corrected chi connectivity index (χ3v) is 6.08. The molecule has 0 atom stereocenters. The number of hydrogen-bond donors (Lipinski definition) is 1. The zero-order valence-electron chi connectivity index (χ0n) is 15.8. The second kappa shape index (κ2) is 8.26. The molecule has 8 heteroatoms. The average molecular weight is 425 g/mol. The van der Waals surface area contributed by atoms with Crippen molar-refractivity contribution in [3.05, 3.63) is 64.9 Å². The average Bonchev–Trinajstić information content (AvgIpc) is 3.08. The smallest absolute Gasteiger partial charge is 0.234 e. The predicted molar refractivity (Wildman–Crippen MR) is 116 cm³/mol. The predicted octanol–water partition coefficient (Wildman–Crippen LogP) is 5.24. The molecular formula is C21H17FN4OS2. The van der Waals surface area contributed by atoms with E-state index < -0.39 is 0 Å². The number of rotatable bonds is 5. The van der Waals surface area contributed by atoms with Crippen LogP contribution < -0.4 is 5.32 Å². The lowest BCUT2D eigenvalue weighted by Crippen LogP contribution is -2.14. The number of thiazole rings is 1. The van der Waals surface area contributed by atoms with Crippen LogP contribution in [0.2, 0.25) is 0 Å². The van der Waals surface area contributed by atoms with E-state index in [0.717, 1.165) is 32.0 Å². The number of hydrogen-bond acceptors (Lipinski definition) is 6. The number of thioether (sulfide) groups is 1. The van der Waals surface area contributed by atoms with Crippen LogP contribution in [-0.4, -0.2) is 26.8 Å². The first kappa shape index (κ1) is 19.5. The second-order valence-corrected chi connectivity index (χ2v) is 8.64. The molecule has 4 rings (SSSR count). The van der Waals surface area contributed by atoms with Crippen LogP contribution in [-0.2, 0) is 4.79 Å². The molecule has 0 spiro atoms. The number of halogens is 1. The largest absolute Gasteiger partial charge is 0.325 e. The first-order valence-corrected chi connectivity index (χ1v) is 10.7. The van der Waals surface area contributed by atoms with Crippen LogP contribution in [0.1, 0.15) is 10.6 Å².